The summed E-state index contributed by atoms with van der Waals surface area (Å²) in [6, 6.07) is -0.905. The predicted molar refractivity (Wildman–Crippen MR) is 358 cm³/mol. The molecule has 0 saturated heterocycles. The number of hydrogen-bond donors (Lipinski definition) is 1. The number of hydrogen-bond acceptors (Lipinski definition) is 7. The number of carbonyl (C=O) groups excluding carboxylic acids is 2. The van der Waals surface area contributed by atoms with Crippen LogP contribution in [-0.4, -0.2) is 69.4 Å². The zero-order valence-electron chi connectivity index (χ0n) is 54.9. The number of ether oxygens (including phenoxy) is 1. The largest absolute Gasteiger partial charge is 0.756 e. The van der Waals surface area contributed by atoms with Gasteiger partial charge in [-0.2, -0.15) is 0 Å². The van der Waals surface area contributed by atoms with Crippen molar-refractivity contribution in [1.29, 1.82) is 0 Å². The quantitative estimate of drug-likeness (QED) is 0.0212. The fraction of sp³-hybridized carbons (Fsp3) is 0.753. The Morgan fingerprint density at radius 1 is 0.434 bits per heavy atom. The van der Waals surface area contributed by atoms with E-state index in [-0.39, 0.29) is 24.9 Å². The predicted octanol–water partition coefficient (Wildman–Crippen LogP) is 21.3. The molecule has 0 aliphatic heterocycles. The summed E-state index contributed by atoms with van der Waals surface area (Å²) in [5, 5.41) is 3.03. The molecule has 0 aromatic carbocycles. The van der Waals surface area contributed by atoms with Gasteiger partial charge in [0.2, 0.25) is 5.91 Å². The van der Waals surface area contributed by atoms with Crippen molar-refractivity contribution in [1.82, 2.24) is 5.32 Å². The van der Waals surface area contributed by atoms with Gasteiger partial charge in [0.25, 0.3) is 7.82 Å². The molecule has 83 heavy (non-hydrogen) atoms. The number of likely N-dealkylation sites (N-methyl/N-ethyl adjacent to an activating group) is 1. The third-order valence-corrected chi connectivity index (χ3v) is 16.0. The summed E-state index contributed by atoms with van der Waals surface area (Å²) in [7, 11) is 1.17. The molecule has 0 saturated carbocycles. The van der Waals surface area contributed by atoms with Crippen molar-refractivity contribution in [2.45, 2.75) is 315 Å². The molecule has 0 aromatic rings. The van der Waals surface area contributed by atoms with E-state index in [4.69, 9.17) is 13.8 Å². The Morgan fingerprint density at radius 3 is 1.18 bits per heavy atom. The van der Waals surface area contributed by atoms with Crippen molar-refractivity contribution in [3.63, 3.8) is 0 Å². The van der Waals surface area contributed by atoms with Crippen LogP contribution in [0, 0.1) is 0 Å². The lowest BCUT2D eigenvalue weighted by molar-refractivity contribution is -0.870. The average Bonchev–Trinajstić information content (AvgIpc) is 3.46. The van der Waals surface area contributed by atoms with Gasteiger partial charge in [-0.05, 0) is 109 Å². The molecule has 0 bridgehead atoms. The standard InChI is InChI=1S/C73H131N2O7P/c1-7-10-13-16-19-22-25-28-30-32-34-36-37-39-41-43-45-48-51-54-57-60-63-66-73(77)82-71(64-61-58-55-52-49-46-27-24-21-18-15-12-9-3)70(69-81-83(78,79)80-68-67-75(4,5)6)74-72(76)65-62-59-56-53-50-47-44-42-40-38-35-33-31-29-26-23-20-17-14-11-8-2/h11,14,19-20,22-23,28-31,35,38,42,44,61,64,70-71H,7-10,12-13,15-18,21,24-27,32-34,36-37,39-41,43,45-60,62-63,65-69H2,1-6H3,(H-,74,76,78,79)/b14-11-,22-19-,23-20-,30-28-,31-29-,38-35-,44-42-,64-61+. The van der Waals surface area contributed by atoms with Gasteiger partial charge in [0, 0.05) is 12.8 Å². The van der Waals surface area contributed by atoms with E-state index in [0.717, 1.165) is 109 Å². The second kappa shape index (κ2) is 62.0. The Morgan fingerprint density at radius 2 is 0.771 bits per heavy atom. The summed E-state index contributed by atoms with van der Waals surface area (Å²) in [5.74, 6) is -0.560. The molecule has 0 aliphatic rings. The molecule has 480 valence electrons. The molecule has 10 heteroatoms. The number of allylic oxidation sites excluding steroid dienone is 15. The lowest BCUT2D eigenvalue weighted by atomic mass is 10.0. The van der Waals surface area contributed by atoms with E-state index in [1.807, 2.05) is 33.3 Å². The van der Waals surface area contributed by atoms with Crippen molar-refractivity contribution in [3.8, 4) is 0 Å². The highest BCUT2D eigenvalue weighted by atomic mass is 31.2. The van der Waals surface area contributed by atoms with E-state index in [0.29, 0.717) is 23.9 Å². The monoisotopic (exact) mass is 1180 g/mol. The fourth-order valence-corrected chi connectivity index (χ4v) is 10.4. The first-order chi connectivity index (χ1) is 40.4. The van der Waals surface area contributed by atoms with Crippen molar-refractivity contribution in [3.05, 3.63) is 97.2 Å². The van der Waals surface area contributed by atoms with Gasteiger partial charge in [-0.15, -0.1) is 0 Å². The van der Waals surface area contributed by atoms with Crippen molar-refractivity contribution >= 4 is 19.7 Å². The van der Waals surface area contributed by atoms with Crippen LogP contribution in [0.25, 0.3) is 0 Å². The van der Waals surface area contributed by atoms with Crippen LogP contribution < -0.4 is 10.2 Å². The molecule has 3 atom stereocenters. The number of carbonyl (C=O) groups is 2. The van der Waals surface area contributed by atoms with E-state index in [2.05, 4.69) is 111 Å². The molecule has 0 aromatic heterocycles. The molecular formula is C73H131N2O7P. The van der Waals surface area contributed by atoms with E-state index < -0.39 is 26.6 Å². The van der Waals surface area contributed by atoms with E-state index in [9.17, 15) is 19.0 Å². The smallest absolute Gasteiger partial charge is 0.306 e. The maximum absolute atomic E-state index is 13.6. The summed E-state index contributed by atoms with van der Waals surface area (Å²) < 4.78 is 30.4. The fourth-order valence-electron chi connectivity index (χ4n) is 9.70. The molecule has 1 N–H and O–H groups in total. The topological polar surface area (TPSA) is 114 Å². The summed E-state index contributed by atoms with van der Waals surface area (Å²) in [6.45, 7) is 6.71. The second-order valence-electron chi connectivity index (χ2n) is 24.3. The molecular weight excluding hydrogens is 1050 g/mol. The van der Waals surface area contributed by atoms with Gasteiger partial charge in [0.15, 0.2) is 0 Å². The van der Waals surface area contributed by atoms with Crippen LogP contribution in [-0.2, 0) is 27.9 Å². The van der Waals surface area contributed by atoms with Gasteiger partial charge in [-0.1, -0.05) is 279 Å². The van der Waals surface area contributed by atoms with E-state index in [1.165, 1.54) is 154 Å². The molecule has 9 nitrogen and oxygen atoms in total. The number of nitrogens with one attached hydrogen (secondary N) is 1. The first kappa shape index (κ1) is 79.9. The number of phosphoric acid groups is 1. The third kappa shape index (κ3) is 63.3. The van der Waals surface area contributed by atoms with E-state index in [1.54, 1.807) is 0 Å². The minimum Gasteiger partial charge on any atom is -0.756 e. The maximum atomic E-state index is 13.6. The number of esters is 1. The van der Waals surface area contributed by atoms with Crippen LogP contribution in [0.2, 0.25) is 0 Å². The van der Waals surface area contributed by atoms with Gasteiger partial charge in [0.05, 0.1) is 33.8 Å². The third-order valence-electron chi connectivity index (χ3n) is 15.0. The molecule has 0 spiro atoms. The summed E-state index contributed by atoms with van der Waals surface area (Å²) in [4.78, 5) is 40.2. The van der Waals surface area contributed by atoms with E-state index >= 15 is 0 Å². The molecule has 0 aliphatic carbocycles. The Balaban J connectivity index is 5.19. The van der Waals surface area contributed by atoms with Crippen LogP contribution in [0.15, 0.2) is 97.2 Å². The number of phosphoric ester groups is 1. The Bertz CT molecular complexity index is 1740. The summed E-state index contributed by atoms with van der Waals surface area (Å²) in [6.07, 6.45) is 83.8. The highest BCUT2D eigenvalue weighted by molar-refractivity contribution is 7.45. The van der Waals surface area contributed by atoms with Crippen LogP contribution >= 0.6 is 7.82 Å². The van der Waals surface area contributed by atoms with Crippen LogP contribution in [0.5, 0.6) is 0 Å². The minimum absolute atomic E-state index is 0.0301. The normalized spacial score (nSPS) is 14.2. The van der Waals surface area contributed by atoms with Gasteiger partial charge in [0.1, 0.15) is 19.3 Å². The molecule has 0 fully saturated rings. The van der Waals surface area contributed by atoms with Crippen molar-refractivity contribution in [2.24, 2.45) is 0 Å². The van der Waals surface area contributed by atoms with Crippen LogP contribution in [0.3, 0.4) is 0 Å². The van der Waals surface area contributed by atoms with Crippen LogP contribution in [0.4, 0.5) is 0 Å². The molecule has 0 rings (SSSR count). The Kier molecular flexibility index (Phi) is 59.7. The lowest BCUT2D eigenvalue weighted by Gasteiger charge is -2.30. The second-order valence-corrected chi connectivity index (χ2v) is 25.7. The van der Waals surface area contributed by atoms with Gasteiger partial charge in [-0.3, -0.25) is 14.2 Å². The Labute approximate surface area is 513 Å². The van der Waals surface area contributed by atoms with Gasteiger partial charge >= 0.3 is 5.97 Å². The van der Waals surface area contributed by atoms with Crippen molar-refractivity contribution in [2.75, 3.05) is 40.9 Å². The highest BCUT2D eigenvalue weighted by Crippen LogP contribution is 2.38. The van der Waals surface area contributed by atoms with Gasteiger partial charge in [-0.25, -0.2) is 0 Å². The zero-order valence-corrected chi connectivity index (χ0v) is 55.8. The first-order valence-corrected chi connectivity index (χ1v) is 36.0. The number of nitrogens with zero attached hydrogens (tertiary/aromatic N) is 1. The summed E-state index contributed by atoms with van der Waals surface area (Å²) in [5.41, 5.74) is 0. The maximum Gasteiger partial charge on any atom is 0.306 e. The molecule has 1 amide bonds. The SMILES string of the molecule is CC/C=C\C/C=C\C/C=C\C/C=C\C/C=C\CCCCCCCC(=O)NC(COP(=O)([O-])OCC[N+](C)(C)C)C(/C=C/CCCCCCCCCCCCC)OC(=O)CCCCCCCCCCCCCCC/C=C\C/C=C\CCCCC. The van der Waals surface area contributed by atoms with Crippen molar-refractivity contribution < 1.29 is 37.3 Å². The average molecular weight is 1180 g/mol. The summed E-state index contributed by atoms with van der Waals surface area (Å²) >= 11 is 0. The van der Waals surface area contributed by atoms with Crippen LogP contribution in [0.1, 0.15) is 303 Å². The van der Waals surface area contributed by atoms with Gasteiger partial charge < -0.3 is 28.5 Å². The number of rotatable bonds is 62. The minimum atomic E-state index is -4.71. The highest BCUT2D eigenvalue weighted by Gasteiger charge is 2.27. The first-order valence-electron chi connectivity index (χ1n) is 34.5. The molecule has 0 heterocycles. The zero-order chi connectivity index (χ0) is 60.7. The Hall–Kier alpha value is -3.07. The molecule has 3 unspecified atom stereocenters. The molecule has 0 radical (unpaired) electrons. The number of quaternary nitrogens is 1. The number of unbranched alkanes of at least 4 members (excludes halogenated alkanes) is 32. The lowest BCUT2D eigenvalue weighted by Crippen LogP contribution is -2.47. The number of amides is 1.